The first kappa shape index (κ1) is 26.4. The Hall–Kier alpha value is -4.17. The molecule has 0 saturated carbocycles. The Balaban J connectivity index is 1.80. The van der Waals surface area contributed by atoms with Crippen molar-refractivity contribution in [3.05, 3.63) is 88.1 Å². The van der Waals surface area contributed by atoms with Gasteiger partial charge in [0.05, 0.1) is 35.3 Å². The minimum atomic E-state index is -4.16. The van der Waals surface area contributed by atoms with Crippen molar-refractivity contribution in [3.63, 3.8) is 0 Å². The average Bonchev–Trinajstić information content (AvgIpc) is 3.55. The number of pyridine rings is 1. The molecule has 39 heavy (non-hydrogen) atoms. The fourth-order valence-corrected chi connectivity index (χ4v) is 6.59. The number of thiophene rings is 1. The van der Waals surface area contributed by atoms with E-state index in [-0.39, 0.29) is 29.5 Å². The van der Waals surface area contributed by atoms with Gasteiger partial charge in [0.15, 0.2) is 0 Å². The topological polar surface area (TPSA) is 111 Å². The van der Waals surface area contributed by atoms with Crippen LogP contribution >= 0.6 is 22.9 Å². The molecule has 5 aromatic rings. The number of esters is 1. The molecule has 8 nitrogen and oxygen atoms in total. The molecule has 2 aromatic carbocycles. The zero-order valence-electron chi connectivity index (χ0n) is 20.5. The second-order valence-electron chi connectivity index (χ2n) is 8.27. The summed E-state index contributed by atoms with van der Waals surface area (Å²) in [6.07, 6.45) is 0.0271. The zero-order chi connectivity index (χ0) is 27.6. The molecule has 0 aliphatic heterocycles. The van der Waals surface area contributed by atoms with Crippen molar-refractivity contribution in [3.8, 4) is 34.5 Å². The lowest BCUT2D eigenvalue weighted by molar-refractivity contribution is -0.141. The van der Waals surface area contributed by atoms with Gasteiger partial charge in [-0.05, 0) is 47.8 Å². The minimum Gasteiger partial charge on any atom is -0.477 e. The Bertz CT molecular complexity index is 1840. The summed E-state index contributed by atoms with van der Waals surface area (Å²) in [5.74, 6) is -0.224. The van der Waals surface area contributed by atoms with E-state index in [1.54, 1.807) is 41.8 Å². The molecule has 3 heterocycles. The zero-order valence-corrected chi connectivity index (χ0v) is 22.9. The number of hydrogen-bond acceptors (Lipinski definition) is 8. The second kappa shape index (κ2) is 10.9. The highest BCUT2D eigenvalue weighted by Gasteiger charge is 2.30. The minimum absolute atomic E-state index is 0.0271. The van der Waals surface area contributed by atoms with Crippen molar-refractivity contribution >= 4 is 49.8 Å². The second-order valence-corrected chi connectivity index (χ2v) is 11.4. The number of nitriles is 1. The number of halogens is 1. The van der Waals surface area contributed by atoms with Crippen LogP contribution in [0.1, 0.15) is 11.3 Å². The first-order chi connectivity index (χ1) is 18.8. The van der Waals surface area contributed by atoms with Crippen molar-refractivity contribution in [2.75, 3.05) is 13.7 Å². The number of ether oxygens (including phenoxy) is 2. The molecule has 0 radical (unpaired) electrons. The lowest BCUT2D eigenvalue weighted by Crippen LogP contribution is -2.15. The molecule has 3 aromatic heterocycles. The van der Waals surface area contributed by atoms with Gasteiger partial charge in [-0.25, -0.2) is 17.4 Å². The smallest absolute Gasteiger partial charge is 0.308 e. The van der Waals surface area contributed by atoms with Crippen LogP contribution in [0, 0.1) is 11.3 Å². The molecule has 0 bridgehead atoms. The van der Waals surface area contributed by atoms with Crippen LogP contribution in [0.25, 0.3) is 33.4 Å². The summed E-state index contributed by atoms with van der Waals surface area (Å²) in [5, 5.41) is 12.7. The quantitative estimate of drug-likeness (QED) is 0.204. The van der Waals surface area contributed by atoms with Gasteiger partial charge in [0.2, 0.25) is 5.88 Å². The van der Waals surface area contributed by atoms with E-state index in [4.69, 9.17) is 16.3 Å². The summed E-state index contributed by atoms with van der Waals surface area (Å²) in [6, 6.07) is 22.0. The SMILES string of the molecule is COC(=O)CCOc1cccc(-c2c(-c3ccsc3C#N)c3ccccc3n2S(=O)(=O)c2ccc(Cl)cc2)n1. The summed E-state index contributed by atoms with van der Waals surface area (Å²) < 4.78 is 40.0. The van der Waals surface area contributed by atoms with Crippen molar-refractivity contribution in [1.82, 2.24) is 8.96 Å². The van der Waals surface area contributed by atoms with Crippen molar-refractivity contribution in [1.29, 1.82) is 5.26 Å². The Morgan fingerprint density at radius 1 is 1.08 bits per heavy atom. The average molecular weight is 578 g/mol. The highest BCUT2D eigenvalue weighted by Crippen LogP contribution is 2.44. The van der Waals surface area contributed by atoms with Crippen LogP contribution in [0.4, 0.5) is 0 Å². The van der Waals surface area contributed by atoms with Gasteiger partial charge in [-0.2, -0.15) is 5.26 Å². The maximum atomic E-state index is 14.2. The molecule has 0 spiro atoms. The summed E-state index contributed by atoms with van der Waals surface area (Å²) in [4.78, 5) is 16.6. The van der Waals surface area contributed by atoms with E-state index in [2.05, 4.69) is 15.8 Å². The molecular formula is C28H20ClN3O5S2. The van der Waals surface area contributed by atoms with Crippen LogP contribution in [0.3, 0.4) is 0 Å². The highest BCUT2D eigenvalue weighted by molar-refractivity contribution is 7.90. The maximum Gasteiger partial charge on any atom is 0.308 e. The lowest BCUT2D eigenvalue weighted by atomic mass is 10.0. The summed E-state index contributed by atoms with van der Waals surface area (Å²) in [6.45, 7) is 0.0329. The van der Waals surface area contributed by atoms with Crippen molar-refractivity contribution < 1.29 is 22.7 Å². The van der Waals surface area contributed by atoms with Gasteiger partial charge < -0.3 is 9.47 Å². The third-order valence-electron chi connectivity index (χ3n) is 5.97. The summed E-state index contributed by atoms with van der Waals surface area (Å²) in [7, 11) is -2.86. The normalized spacial score (nSPS) is 11.3. The fourth-order valence-electron chi connectivity index (χ4n) is 4.24. The molecule has 196 valence electrons. The predicted molar refractivity (Wildman–Crippen MR) is 149 cm³/mol. The van der Waals surface area contributed by atoms with Gasteiger partial charge in [0.1, 0.15) is 17.6 Å². The van der Waals surface area contributed by atoms with E-state index in [1.165, 1.54) is 46.7 Å². The number of nitrogens with zero attached hydrogens (tertiary/aromatic N) is 3. The van der Waals surface area contributed by atoms with E-state index in [9.17, 15) is 18.5 Å². The molecule has 0 unspecified atom stereocenters. The Kier molecular flexibility index (Phi) is 7.39. The molecule has 0 N–H and O–H groups in total. The van der Waals surface area contributed by atoms with E-state index in [0.29, 0.717) is 37.6 Å². The Labute approximate surface area is 233 Å². The maximum absolute atomic E-state index is 14.2. The highest BCUT2D eigenvalue weighted by atomic mass is 35.5. The summed E-state index contributed by atoms with van der Waals surface area (Å²) in [5.41, 5.74) is 2.16. The van der Waals surface area contributed by atoms with E-state index in [0.717, 1.165) is 0 Å². The molecule has 11 heteroatoms. The van der Waals surface area contributed by atoms with Gasteiger partial charge in [0, 0.05) is 27.6 Å². The number of methoxy groups -OCH3 is 1. The van der Waals surface area contributed by atoms with Gasteiger partial charge in [-0.1, -0.05) is 35.9 Å². The summed E-state index contributed by atoms with van der Waals surface area (Å²) >= 11 is 7.31. The Morgan fingerprint density at radius 2 is 1.85 bits per heavy atom. The Morgan fingerprint density at radius 3 is 2.59 bits per heavy atom. The van der Waals surface area contributed by atoms with Crippen LogP contribution in [0.2, 0.25) is 5.02 Å². The lowest BCUT2D eigenvalue weighted by Gasteiger charge is -2.14. The van der Waals surface area contributed by atoms with E-state index < -0.39 is 16.0 Å². The number of para-hydroxylation sites is 1. The third-order valence-corrected chi connectivity index (χ3v) is 8.77. The van der Waals surface area contributed by atoms with E-state index in [1.807, 2.05) is 12.1 Å². The first-order valence-electron chi connectivity index (χ1n) is 11.6. The molecule has 0 amide bonds. The van der Waals surface area contributed by atoms with Gasteiger partial charge in [-0.15, -0.1) is 11.3 Å². The monoisotopic (exact) mass is 577 g/mol. The molecule has 5 rings (SSSR count). The van der Waals surface area contributed by atoms with Gasteiger partial charge in [0.25, 0.3) is 10.0 Å². The van der Waals surface area contributed by atoms with Crippen LogP contribution in [-0.2, 0) is 19.6 Å². The van der Waals surface area contributed by atoms with E-state index >= 15 is 0 Å². The van der Waals surface area contributed by atoms with Crippen LogP contribution < -0.4 is 4.74 Å². The number of rotatable bonds is 8. The molecule has 0 aliphatic carbocycles. The van der Waals surface area contributed by atoms with Crippen LogP contribution in [0.15, 0.2) is 83.1 Å². The largest absolute Gasteiger partial charge is 0.477 e. The number of fused-ring (bicyclic) bond motifs is 1. The number of carbonyl (C=O) groups excluding carboxylic acids is 1. The van der Waals surface area contributed by atoms with Crippen LogP contribution in [-0.4, -0.2) is 37.1 Å². The third kappa shape index (κ3) is 5.00. The first-order valence-corrected chi connectivity index (χ1v) is 14.3. The molecular weight excluding hydrogens is 558 g/mol. The molecule has 0 aliphatic rings. The van der Waals surface area contributed by atoms with Crippen molar-refractivity contribution in [2.45, 2.75) is 11.3 Å². The molecule has 0 fully saturated rings. The van der Waals surface area contributed by atoms with Crippen LogP contribution in [0.5, 0.6) is 5.88 Å². The number of aromatic nitrogens is 2. The fraction of sp³-hybridized carbons (Fsp3) is 0.107. The number of carbonyl (C=O) groups is 1. The predicted octanol–water partition coefficient (Wildman–Crippen LogP) is 6.14. The molecule has 0 atom stereocenters. The van der Waals surface area contributed by atoms with Gasteiger partial charge in [-0.3, -0.25) is 4.79 Å². The standard InChI is InChI=1S/C28H20ClN3O5S2/c1-36-26(33)13-15-37-25-8-4-6-22(31-25)28-27(21-14-16-38-24(21)17-30)20-5-2-3-7-23(20)32(28)39(34,35)19-11-9-18(29)10-12-19/h2-12,14,16H,13,15H2,1H3. The number of hydrogen-bond donors (Lipinski definition) is 0. The van der Waals surface area contributed by atoms with Crippen molar-refractivity contribution in [2.24, 2.45) is 0 Å². The molecule has 0 saturated heterocycles. The number of benzene rings is 2. The van der Waals surface area contributed by atoms with Gasteiger partial charge >= 0.3 is 5.97 Å².